The number of rotatable bonds is 3. The molecule has 1 aromatic heterocycles. The molecule has 0 aliphatic heterocycles. The van der Waals surface area contributed by atoms with Gasteiger partial charge in [-0.05, 0) is 42.8 Å². The molecule has 2 aromatic carbocycles. The first-order valence-corrected chi connectivity index (χ1v) is 7.31. The average molecular weight is 302 g/mol. The summed E-state index contributed by atoms with van der Waals surface area (Å²) in [6.45, 7) is 2.03. The van der Waals surface area contributed by atoms with Gasteiger partial charge in [0.1, 0.15) is 5.82 Å². The van der Waals surface area contributed by atoms with Gasteiger partial charge in [-0.2, -0.15) is 5.26 Å². The molecule has 0 saturated heterocycles. The van der Waals surface area contributed by atoms with Gasteiger partial charge in [0.15, 0.2) is 0 Å². The van der Waals surface area contributed by atoms with Crippen LogP contribution in [0.2, 0.25) is 0 Å². The first-order chi connectivity index (χ1) is 11.2. The van der Waals surface area contributed by atoms with Gasteiger partial charge >= 0.3 is 0 Å². The highest BCUT2D eigenvalue weighted by molar-refractivity contribution is 5.89. The number of nitriles is 1. The van der Waals surface area contributed by atoms with Gasteiger partial charge in [-0.25, -0.2) is 4.39 Å². The minimum atomic E-state index is -0.394. The van der Waals surface area contributed by atoms with Gasteiger partial charge in [-0.3, -0.25) is 0 Å². The highest BCUT2D eigenvalue weighted by Gasteiger charge is 2.09. The normalized spacial score (nSPS) is 11.3. The maximum absolute atomic E-state index is 13.9. The second-order valence-electron chi connectivity index (χ2n) is 5.24. The molecule has 0 saturated carbocycles. The van der Waals surface area contributed by atoms with E-state index in [4.69, 9.17) is 0 Å². The number of aromatic nitrogens is 1. The van der Waals surface area contributed by atoms with Gasteiger partial charge < -0.3 is 4.57 Å². The predicted octanol–water partition coefficient (Wildman–Crippen LogP) is 4.99. The van der Waals surface area contributed by atoms with E-state index in [-0.39, 0.29) is 0 Å². The van der Waals surface area contributed by atoms with Gasteiger partial charge in [0, 0.05) is 23.1 Å². The quantitative estimate of drug-likeness (QED) is 0.627. The van der Waals surface area contributed by atoms with Crippen molar-refractivity contribution in [1.29, 1.82) is 5.26 Å². The van der Waals surface area contributed by atoms with E-state index < -0.39 is 5.82 Å². The van der Waals surface area contributed by atoms with Crippen LogP contribution in [0.1, 0.15) is 16.8 Å². The molecule has 0 unspecified atom stereocenters. The van der Waals surface area contributed by atoms with Crippen LogP contribution in [0.3, 0.4) is 0 Å². The molecule has 23 heavy (non-hydrogen) atoms. The predicted molar refractivity (Wildman–Crippen MR) is 90.4 cm³/mol. The largest absolute Gasteiger partial charge is 0.317 e. The third kappa shape index (κ3) is 2.93. The van der Waals surface area contributed by atoms with E-state index in [2.05, 4.69) is 6.07 Å². The Morgan fingerprint density at radius 2 is 1.78 bits per heavy atom. The summed E-state index contributed by atoms with van der Waals surface area (Å²) in [5.41, 5.74) is 3.61. The maximum atomic E-state index is 13.9. The molecule has 0 atom stereocenters. The Morgan fingerprint density at radius 1 is 1.04 bits per heavy atom. The molecular weight excluding hydrogens is 287 g/mol. The Morgan fingerprint density at radius 3 is 2.52 bits per heavy atom. The van der Waals surface area contributed by atoms with E-state index in [1.54, 1.807) is 24.3 Å². The number of para-hydroxylation sites is 1. The van der Waals surface area contributed by atoms with Crippen LogP contribution >= 0.6 is 0 Å². The van der Waals surface area contributed by atoms with Crippen molar-refractivity contribution in [2.45, 2.75) is 6.92 Å². The zero-order valence-electron chi connectivity index (χ0n) is 12.7. The molecule has 1 heterocycles. The second-order valence-corrected chi connectivity index (χ2v) is 5.24. The summed E-state index contributed by atoms with van der Waals surface area (Å²) < 4.78 is 15.9. The molecule has 3 rings (SSSR count). The molecule has 0 radical (unpaired) electrons. The summed E-state index contributed by atoms with van der Waals surface area (Å²) in [5, 5.41) is 9.42. The lowest BCUT2D eigenvalue weighted by molar-refractivity contribution is 0.624. The summed E-state index contributed by atoms with van der Waals surface area (Å²) >= 11 is 0. The lowest BCUT2D eigenvalue weighted by Gasteiger charge is -2.10. The van der Waals surface area contributed by atoms with E-state index in [0.29, 0.717) is 11.1 Å². The molecule has 0 bridgehead atoms. The minimum Gasteiger partial charge on any atom is -0.317 e. The molecule has 0 aliphatic rings. The van der Waals surface area contributed by atoms with Crippen molar-refractivity contribution >= 4 is 11.6 Å². The highest BCUT2D eigenvalue weighted by atomic mass is 19.1. The first-order valence-electron chi connectivity index (χ1n) is 7.31. The van der Waals surface area contributed by atoms with Gasteiger partial charge in [-0.15, -0.1) is 0 Å². The molecular formula is C20H15FN2. The van der Waals surface area contributed by atoms with Crippen molar-refractivity contribution in [2.24, 2.45) is 0 Å². The van der Waals surface area contributed by atoms with Crippen LogP contribution in [0.15, 0.2) is 66.9 Å². The molecule has 3 heteroatoms. The molecule has 0 spiro atoms. The van der Waals surface area contributed by atoms with Gasteiger partial charge in [0.05, 0.1) is 11.6 Å². The summed E-state index contributed by atoms with van der Waals surface area (Å²) in [7, 11) is 0. The SMILES string of the molecule is Cc1ccccc1-n1cccc1/C=C(/C#N)c1ccccc1F. The summed E-state index contributed by atoms with van der Waals surface area (Å²) in [4.78, 5) is 0. The number of benzene rings is 2. The van der Waals surface area contributed by atoms with Crippen LogP contribution in [0.5, 0.6) is 0 Å². The summed E-state index contributed by atoms with van der Waals surface area (Å²) in [6, 6.07) is 20.2. The molecule has 2 nitrogen and oxygen atoms in total. The molecule has 0 N–H and O–H groups in total. The fourth-order valence-electron chi connectivity index (χ4n) is 2.56. The smallest absolute Gasteiger partial charge is 0.131 e. The zero-order chi connectivity index (χ0) is 16.2. The molecule has 3 aromatic rings. The molecule has 0 amide bonds. The van der Waals surface area contributed by atoms with E-state index in [9.17, 15) is 9.65 Å². The van der Waals surface area contributed by atoms with Gasteiger partial charge in [0.2, 0.25) is 0 Å². The van der Waals surface area contributed by atoms with E-state index in [0.717, 1.165) is 16.9 Å². The number of nitrogens with zero attached hydrogens (tertiary/aromatic N) is 2. The summed E-state index contributed by atoms with van der Waals surface area (Å²) in [6.07, 6.45) is 3.65. The molecule has 112 valence electrons. The van der Waals surface area contributed by atoms with E-state index in [1.165, 1.54) is 6.07 Å². The summed E-state index contributed by atoms with van der Waals surface area (Å²) in [5.74, 6) is -0.394. The standard InChI is InChI=1S/C20H15FN2/c1-15-7-2-5-11-20(15)23-12-6-8-17(23)13-16(14-22)18-9-3-4-10-19(18)21/h2-13H,1H3/b16-13-. The highest BCUT2D eigenvalue weighted by Crippen LogP contribution is 2.23. The Kier molecular flexibility index (Phi) is 4.07. The molecule has 0 fully saturated rings. The number of halogens is 1. The maximum Gasteiger partial charge on any atom is 0.131 e. The van der Waals surface area contributed by atoms with E-state index in [1.807, 2.05) is 54.1 Å². The van der Waals surface area contributed by atoms with Crippen LogP contribution < -0.4 is 0 Å². The Labute approximate surface area is 134 Å². The topological polar surface area (TPSA) is 28.7 Å². The lowest BCUT2D eigenvalue weighted by atomic mass is 10.1. The Balaban J connectivity index is 2.11. The Hall–Kier alpha value is -3.12. The van der Waals surface area contributed by atoms with Crippen molar-refractivity contribution in [3.63, 3.8) is 0 Å². The number of hydrogen-bond donors (Lipinski definition) is 0. The van der Waals surface area contributed by atoms with Crippen molar-refractivity contribution in [3.8, 4) is 11.8 Å². The zero-order valence-corrected chi connectivity index (χ0v) is 12.7. The minimum absolute atomic E-state index is 0.302. The van der Waals surface area contributed by atoms with Crippen LogP contribution in [-0.4, -0.2) is 4.57 Å². The van der Waals surface area contributed by atoms with Crippen LogP contribution in [0.4, 0.5) is 4.39 Å². The third-order valence-corrected chi connectivity index (χ3v) is 3.73. The van der Waals surface area contributed by atoms with Crippen molar-refractivity contribution in [3.05, 3.63) is 89.5 Å². The number of allylic oxidation sites excluding steroid dienone is 1. The molecule has 0 aliphatic carbocycles. The number of hydrogen-bond acceptors (Lipinski definition) is 1. The van der Waals surface area contributed by atoms with Crippen LogP contribution in [0, 0.1) is 24.1 Å². The fraction of sp³-hybridized carbons (Fsp3) is 0.0500. The fourth-order valence-corrected chi connectivity index (χ4v) is 2.56. The van der Waals surface area contributed by atoms with Crippen LogP contribution in [-0.2, 0) is 0 Å². The Bertz CT molecular complexity index is 913. The second kappa shape index (κ2) is 6.33. The average Bonchev–Trinajstić information content (AvgIpc) is 3.02. The van der Waals surface area contributed by atoms with Crippen molar-refractivity contribution in [1.82, 2.24) is 4.57 Å². The van der Waals surface area contributed by atoms with Crippen LogP contribution in [0.25, 0.3) is 17.3 Å². The van der Waals surface area contributed by atoms with Gasteiger partial charge in [0.25, 0.3) is 0 Å². The third-order valence-electron chi connectivity index (χ3n) is 3.73. The monoisotopic (exact) mass is 302 g/mol. The lowest BCUT2D eigenvalue weighted by Crippen LogP contribution is -1.98. The first kappa shape index (κ1) is 14.8. The number of aryl methyl sites for hydroxylation is 1. The van der Waals surface area contributed by atoms with Crippen molar-refractivity contribution in [2.75, 3.05) is 0 Å². The van der Waals surface area contributed by atoms with Crippen molar-refractivity contribution < 1.29 is 4.39 Å². The van der Waals surface area contributed by atoms with E-state index >= 15 is 0 Å². The van der Waals surface area contributed by atoms with Gasteiger partial charge in [-0.1, -0.05) is 36.4 Å².